The standard InChI is InChI=1S/C12H11NOS6/c1-13-4-7-8(6(13)5-14)18-11(17-7)12-19-9(15-2)10(16-3)20-12/h4-5H,1-3H3. The first-order valence-electron chi connectivity index (χ1n) is 5.60. The molecule has 0 bridgehead atoms. The number of fused-ring (bicyclic) bond motifs is 1. The molecule has 0 radical (unpaired) electrons. The number of carbonyl (C=O) groups is 1. The van der Waals surface area contributed by atoms with E-state index in [4.69, 9.17) is 0 Å². The summed E-state index contributed by atoms with van der Waals surface area (Å²) in [5.41, 5.74) is 0.782. The van der Waals surface area contributed by atoms with Gasteiger partial charge >= 0.3 is 0 Å². The molecular formula is C12H11NOS6. The van der Waals surface area contributed by atoms with E-state index in [0.29, 0.717) is 0 Å². The van der Waals surface area contributed by atoms with Gasteiger partial charge in [-0.1, -0.05) is 47.0 Å². The van der Waals surface area contributed by atoms with Crippen LogP contribution >= 0.6 is 70.6 Å². The van der Waals surface area contributed by atoms with Crippen molar-refractivity contribution in [3.8, 4) is 0 Å². The van der Waals surface area contributed by atoms with Crippen LogP contribution in [0.2, 0.25) is 0 Å². The molecule has 0 amide bonds. The Kier molecular flexibility index (Phi) is 4.89. The van der Waals surface area contributed by atoms with Gasteiger partial charge in [-0.05, 0) is 12.5 Å². The van der Waals surface area contributed by atoms with E-state index in [1.807, 2.05) is 64.9 Å². The van der Waals surface area contributed by atoms with E-state index in [1.165, 1.54) is 21.8 Å². The lowest BCUT2D eigenvalue weighted by Gasteiger charge is -2.02. The second kappa shape index (κ2) is 6.34. The summed E-state index contributed by atoms with van der Waals surface area (Å²) < 4.78 is 7.35. The van der Waals surface area contributed by atoms with Crippen molar-refractivity contribution in [3.05, 3.63) is 28.8 Å². The number of rotatable bonds is 3. The van der Waals surface area contributed by atoms with E-state index in [1.54, 1.807) is 23.5 Å². The molecule has 3 rings (SSSR count). The molecule has 0 aliphatic carbocycles. The highest BCUT2D eigenvalue weighted by molar-refractivity contribution is 8.41. The van der Waals surface area contributed by atoms with Gasteiger partial charge in [0, 0.05) is 18.1 Å². The topological polar surface area (TPSA) is 22.0 Å². The van der Waals surface area contributed by atoms with Crippen molar-refractivity contribution in [3.63, 3.8) is 0 Å². The fourth-order valence-electron chi connectivity index (χ4n) is 1.81. The third-order valence-corrected chi connectivity index (χ3v) is 11.0. The minimum absolute atomic E-state index is 0.782. The predicted molar refractivity (Wildman–Crippen MR) is 98.8 cm³/mol. The molecule has 0 atom stereocenters. The number of thioether (sulfide) groups is 6. The first-order chi connectivity index (χ1) is 9.67. The number of aryl methyl sites for hydroxylation is 1. The Morgan fingerprint density at radius 2 is 1.65 bits per heavy atom. The summed E-state index contributed by atoms with van der Waals surface area (Å²) in [7, 11) is 1.92. The van der Waals surface area contributed by atoms with Gasteiger partial charge in [-0.2, -0.15) is 0 Å². The van der Waals surface area contributed by atoms with E-state index < -0.39 is 0 Å². The van der Waals surface area contributed by atoms with Crippen LogP contribution in [0.25, 0.3) is 0 Å². The smallest absolute Gasteiger partial charge is 0.167 e. The van der Waals surface area contributed by atoms with Crippen LogP contribution in [0.3, 0.4) is 0 Å². The Morgan fingerprint density at radius 3 is 2.20 bits per heavy atom. The fraction of sp³-hybridized carbons (Fsp3) is 0.250. The van der Waals surface area contributed by atoms with Crippen LogP contribution in [0.1, 0.15) is 10.5 Å². The zero-order valence-corrected chi connectivity index (χ0v) is 15.9. The minimum atomic E-state index is 0.782. The van der Waals surface area contributed by atoms with E-state index in [-0.39, 0.29) is 0 Å². The summed E-state index contributed by atoms with van der Waals surface area (Å²) in [6, 6.07) is 0. The molecule has 8 heteroatoms. The van der Waals surface area contributed by atoms with Gasteiger partial charge in [0.15, 0.2) is 6.29 Å². The molecule has 3 heterocycles. The van der Waals surface area contributed by atoms with E-state index in [9.17, 15) is 4.79 Å². The van der Waals surface area contributed by atoms with Crippen LogP contribution in [-0.4, -0.2) is 23.4 Å². The van der Waals surface area contributed by atoms with Crippen molar-refractivity contribution in [2.75, 3.05) is 12.5 Å². The van der Waals surface area contributed by atoms with Crippen LogP contribution < -0.4 is 0 Å². The maximum Gasteiger partial charge on any atom is 0.167 e. The highest BCUT2D eigenvalue weighted by atomic mass is 32.3. The van der Waals surface area contributed by atoms with Gasteiger partial charge in [0.05, 0.1) is 27.5 Å². The molecule has 2 nitrogen and oxygen atoms in total. The van der Waals surface area contributed by atoms with Crippen molar-refractivity contribution >= 4 is 76.9 Å². The van der Waals surface area contributed by atoms with Crippen LogP contribution in [0.5, 0.6) is 0 Å². The van der Waals surface area contributed by atoms with Crippen molar-refractivity contribution in [1.82, 2.24) is 4.57 Å². The summed E-state index contributed by atoms with van der Waals surface area (Å²) in [5.74, 6) is 0. The Balaban J connectivity index is 1.88. The summed E-state index contributed by atoms with van der Waals surface area (Å²) in [4.78, 5) is 13.5. The van der Waals surface area contributed by atoms with Crippen molar-refractivity contribution in [2.24, 2.45) is 7.05 Å². The molecule has 0 unspecified atom stereocenters. The Bertz CT molecular complexity index is 627. The van der Waals surface area contributed by atoms with Crippen LogP contribution in [0.4, 0.5) is 0 Å². The molecule has 1 aromatic rings. The van der Waals surface area contributed by atoms with Gasteiger partial charge in [0.2, 0.25) is 0 Å². The summed E-state index contributed by atoms with van der Waals surface area (Å²) in [6.45, 7) is 0. The van der Waals surface area contributed by atoms with Gasteiger partial charge in [0.1, 0.15) is 0 Å². The molecule has 0 N–H and O–H groups in total. The molecule has 20 heavy (non-hydrogen) atoms. The maximum absolute atomic E-state index is 11.2. The number of hydrogen-bond acceptors (Lipinski definition) is 7. The molecule has 2 aliphatic rings. The SMILES string of the molecule is CSC1=C(SC)SC(=C2Sc3cn(C)c(C=O)c3S2)S1. The zero-order chi connectivity index (χ0) is 14.3. The Labute approximate surface area is 143 Å². The minimum Gasteiger partial charge on any atom is -0.346 e. The fourth-order valence-corrected chi connectivity index (χ4v) is 9.80. The van der Waals surface area contributed by atoms with Gasteiger partial charge in [0.25, 0.3) is 0 Å². The number of carbonyl (C=O) groups excluding carboxylic acids is 1. The molecule has 0 fully saturated rings. The normalized spacial score (nSPS) is 18.1. The first-order valence-corrected chi connectivity index (χ1v) is 11.3. The largest absolute Gasteiger partial charge is 0.346 e. The van der Waals surface area contributed by atoms with Crippen LogP contribution in [0, 0.1) is 0 Å². The summed E-state index contributed by atoms with van der Waals surface area (Å²) >= 11 is 10.9. The maximum atomic E-state index is 11.2. The number of aldehydes is 1. The number of nitrogens with zero attached hydrogens (tertiary/aromatic N) is 1. The van der Waals surface area contributed by atoms with E-state index in [0.717, 1.165) is 16.9 Å². The number of aromatic nitrogens is 1. The Hall–Kier alpha value is 0.530. The van der Waals surface area contributed by atoms with Crippen LogP contribution in [0.15, 0.2) is 32.9 Å². The van der Waals surface area contributed by atoms with Gasteiger partial charge in [-0.3, -0.25) is 4.79 Å². The molecular weight excluding hydrogens is 367 g/mol. The van der Waals surface area contributed by atoms with Crippen molar-refractivity contribution < 1.29 is 4.79 Å². The highest BCUT2D eigenvalue weighted by Gasteiger charge is 2.30. The molecule has 1 aromatic heterocycles. The van der Waals surface area contributed by atoms with E-state index >= 15 is 0 Å². The quantitative estimate of drug-likeness (QED) is 0.641. The summed E-state index contributed by atoms with van der Waals surface area (Å²) in [5, 5.41) is 0. The molecule has 0 spiro atoms. The predicted octanol–water partition coefficient (Wildman–Crippen LogP) is 5.49. The lowest BCUT2D eigenvalue weighted by Crippen LogP contribution is -1.93. The average molecular weight is 378 g/mol. The molecule has 0 aromatic carbocycles. The third-order valence-electron chi connectivity index (χ3n) is 2.73. The molecule has 0 saturated carbocycles. The first kappa shape index (κ1) is 15.4. The second-order valence-corrected chi connectivity index (χ2v) is 10.7. The van der Waals surface area contributed by atoms with Gasteiger partial charge in [-0.15, -0.1) is 23.5 Å². The third kappa shape index (κ3) is 2.63. The van der Waals surface area contributed by atoms with E-state index in [2.05, 4.69) is 12.5 Å². The van der Waals surface area contributed by atoms with Gasteiger partial charge in [-0.25, -0.2) is 0 Å². The Morgan fingerprint density at radius 1 is 1.05 bits per heavy atom. The second-order valence-electron chi connectivity index (χ2n) is 3.90. The monoisotopic (exact) mass is 377 g/mol. The van der Waals surface area contributed by atoms with Crippen molar-refractivity contribution in [2.45, 2.75) is 9.79 Å². The summed E-state index contributed by atoms with van der Waals surface area (Å²) in [6.07, 6.45) is 7.25. The number of hydrogen-bond donors (Lipinski definition) is 0. The molecule has 106 valence electrons. The van der Waals surface area contributed by atoms with Gasteiger partial charge < -0.3 is 4.57 Å². The molecule has 0 saturated heterocycles. The zero-order valence-electron chi connectivity index (χ0n) is 11.0. The van der Waals surface area contributed by atoms with Crippen LogP contribution in [-0.2, 0) is 7.05 Å². The lowest BCUT2D eigenvalue weighted by molar-refractivity contribution is 0.111. The molecule has 2 aliphatic heterocycles. The van der Waals surface area contributed by atoms with Crippen molar-refractivity contribution in [1.29, 1.82) is 0 Å². The average Bonchev–Trinajstić information content (AvgIpc) is 3.09. The highest BCUT2D eigenvalue weighted by Crippen LogP contribution is 2.64. The lowest BCUT2D eigenvalue weighted by atomic mass is 10.5.